The predicted octanol–water partition coefficient (Wildman–Crippen LogP) is 4.12. The van der Waals surface area contributed by atoms with Crippen molar-refractivity contribution in [3.63, 3.8) is 0 Å². The molecule has 1 aromatic rings. The number of pyridine rings is 1. The van der Waals surface area contributed by atoms with Crippen LogP contribution >= 0.6 is 11.6 Å². The molecule has 0 aliphatic heterocycles. The van der Waals surface area contributed by atoms with Crippen molar-refractivity contribution in [3.8, 4) is 0 Å². The van der Waals surface area contributed by atoms with Gasteiger partial charge in [0.1, 0.15) is 5.69 Å². The maximum absolute atomic E-state index is 5.98. The molecule has 0 saturated carbocycles. The number of aromatic nitrogens is 1. The van der Waals surface area contributed by atoms with E-state index < -0.39 is 0 Å². The molecule has 3 nitrogen and oxygen atoms in total. The van der Waals surface area contributed by atoms with Crippen LogP contribution in [-0.4, -0.2) is 23.4 Å². The molecule has 0 saturated heterocycles. The second-order valence-electron chi connectivity index (χ2n) is 4.59. The third kappa shape index (κ3) is 4.30. The molecular formula is C15H17ClN2O. The second-order valence-corrected chi connectivity index (χ2v) is 4.95. The molecule has 0 N–H and O–H groups in total. The van der Waals surface area contributed by atoms with Crippen LogP contribution in [-0.2, 0) is 4.74 Å². The maximum Gasteiger partial charge on any atom is 0.154 e. The van der Waals surface area contributed by atoms with Gasteiger partial charge in [0.05, 0.1) is 12.7 Å². The van der Waals surface area contributed by atoms with Crippen LogP contribution in [0, 0.1) is 0 Å². The van der Waals surface area contributed by atoms with Crippen LogP contribution < -0.4 is 0 Å². The minimum atomic E-state index is 0.249. The van der Waals surface area contributed by atoms with Gasteiger partial charge < -0.3 is 4.74 Å². The second kappa shape index (κ2) is 6.64. The minimum Gasteiger partial charge on any atom is -0.374 e. The summed E-state index contributed by atoms with van der Waals surface area (Å²) in [5.74, 6) is 0. The van der Waals surface area contributed by atoms with Crippen LogP contribution in [0.2, 0.25) is 5.15 Å². The third-order valence-corrected chi connectivity index (χ3v) is 2.94. The van der Waals surface area contributed by atoms with E-state index in [2.05, 4.69) is 16.1 Å². The van der Waals surface area contributed by atoms with E-state index in [0.29, 0.717) is 17.4 Å². The maximum atomic E-state index is 5.98. The van der Waals surface area contributed by atoms with E-state index in [4.69, 9.17) is 16.3 Å². The molecule has 4 heteroatoms. The SMILES string of the molecule is CC(C)OCC1=CCC(=Nc2cccnc2Cl)C=C1. The lowest BCUT2D eigenvalue weighted by atomic mass is 10.1. The predicted molar refractivity (Wildman–Crippen MR) is 79.3 cm³/mol. The van der Waals surface area contributed by atoms with Gasteiger partial charge in [0.25, 0.3) is 0 Å². The first-order chi connectivity index (χ1) is 9.15. The fourth-order valence-electron chi connectivity index (χ4n) is 1.64. The first kappa shape index (κ1) is 14.0. The molecule has 0 aromatic carbocycles. The van der Waals surface area contributed by atoms with Crippen molar-refractivity contribution in [1.29, 1.82) is 0 Å². The Kier molecular flexibility index (Phi) is 4.88. The smallest absolute Gasteiger partial charge is 0.154 e. The van der Waals surface area contributed by atoms with E-state index >= 15 is 0 Å². The van der Waals surface area contributed by atoms with E-state index in [1.165, 1.54) is 5.57 Å². The van der Waals surface area contributed by atoms with Crippen molar-refractivity contribution in [2.24, 2.45) is 4.99 Å². The molecule has 0 radical (unpaired) electrons. The molecule has 0 atom stereocenters. The highest BCUT2D eigenvalue weighted by Gasteiger charge is 2.05. The Morgan fingerprint density at radius 1 is 1.42 bits per heavy atom. The monoisotopic (exact) mass is 276 g/mol. The number of halogens is 1. The quantitative estimate of drug-likeness (QED) is 0.775. The summed E-state index contributed by atoms with van der Waals surface area (Å²) in [5.41, 5.74) is 2.87. The Hall–Kier alpha value is -1.45. The molecule has 19 heavy (non-hydrogen) atoms. The molecule has 1 aliphatic rings. The highest BCUT2D eigenvalue weighted by atomic mass is 35.5. The van der Waals surface area contributed by atoms with Gasteiger partial charge in [-0.05, 0) is 37.6 Å². The van der Waals surface area contributed by atoms with Crippen LogP contribution in [0.4, 0.5) is 5.69 Å². The summed E-state index contributed by atoms with van der Waals surface area (Å²) >= 11 is 5.98. The Bertz CT molecular complexity index is 533. The number of aliphatic imine (C=N–C) groups is 1. The van der Waals surface area contributed by atoms with Gasteiger partial charge in [0.15, 0.2) is 5.15 Å². The first-order valence-corrected chi connectivity index (χ1v) is 6.70. The van der Waals surface area contributed by atoms with Gasteiger partial charge in [0, 0.05) is 18.3 Å². The summed E-state index contributed by atoms with van der Waals surface area (Å²) in [4.78, 5) is 8.50. The Balaban J connectivity index is 2.00. The normalized spacial score (nSPS) is 17.1. The number of hydrogen-bond acceptors (Lipinski definition) is 3. The molecule has 0 amide bonds. The summed E-state index contributed by atoms with van der Waals surface area (Å²) in [6, 6.07) is 3.69. The van der Waals surface area contributed by atoms with Crippen molar-refractivity contribution < 1.29 is 4.74 Å². The van der Waals surface area contributed by atoms with Crippen LogP contribution in [0.3, 0.4) is 0 Å². The van der Waals surface area contributed by atoms with Crippen LogP contribution in [0.15, 0.2) is 47.1 Å². The highest BCUT2D eigenvalue weighted by Crippen LogP contribution is 2.23. The van der Waals surface area contributed by atoms with Crippen LogP contribution in [0.1, 0.15) is 20.3 Å². The topological polar surface area (TPSA) is 34.5 Å². The lowest BCUT2D eigenvalue weighted by Crippen LogP contribution is -2.07. The van der Waals surface area contributed by atoms with Gasteiger partial charge in [-0.1, -0.05) is 23.8 Å². The standard InChI is InChI=1S/C15H17ClN2O/c1-11(2)19-10-12-5-7-13(8-6-12)18-14-4-3-9-17-15(14)16/h3-7,9,11H,8,10H2,1-2H3. The van der Waals surface area contributed by atoms with Crippen LogP contribution in [0.5, 0.6) is 0 Å². The number of hydrogen-bond donors (Lipinski definition) is 0. The number of allylic oxidation sites excluding steroid dienone is 2. The van der Waals surface area contributed by atoms with Gasteiger partial charge in [0.2, 0.25) is 0 Å². The summed E-state index contributed by atoms with van der Waals surface area (Å²) in [5, 5.41) is 0.432. The Morgan fingerprint density at radius 2 is 2.26 bits per heavy atom. The Labute approximate surface area is 118 Å². The molecule has 0 fully saturated rings. The van der Waals surface area contributed by atoms with Crippen molar-refractivity contribution in [1.82, 2.24) is 4.98 Å². The van der Waals surface area contributed by atoms with Gasteiger partial charge in [-0.3, -0.25) is 0 Å². The minimum absolute atomic E-state index is 0.249. The molecule has 100 valence electrons. The van der Waals surface area contributed by atoms with Crippen LogP contribution in [0.25, 0.3) is 0 Å². The Morgan fingerprint density at radius 3 is 2.89 bits per heavy atom. The fourth-order valence-corrected chi connectivity index (χ4v) is 1.81. The van der Waals surface area contributed by atoms with E-state index in [1.807, 2.05) is 38.1 Å². The zero-order valence-corrected chi connectivity index (χ0v) is 11.9. The molecule has 0 unspecified atom stereocenters. The molecule has 0 spiro atoms. The lowest BCUT2D eigenvalue weighted by Gasteiger charge is -2.11. The molecule has 0 bridgehead atoms. The lowest BCUT2D eigenvalue weighted by molar-refractivity contribution is 0.0987. The molecule has 2 rings (SSSR count). The van der Waals surface area contributed by atoms with E-state index in [-0.39, 0.29) is 6.10 Å². The third-order valence-electron chi connectivity index (χ3n) is 2.65. The van der Waals surface area contributed by atoms with Gasteiger partial charge in [-0.2, -0.15) is 0 Å². The average molecular weight is 277 g/mol. The summed E-state index contributed by atoms with van der Waals surface area (Å²) in [6.07, 6.45) is 8.87. The molecule has 1 heterocycles. The van der Waals surface area contributed by atoms with Gasteiger partial charge in [-0.15, -0.1) is 0 Å². The van der Waals surface area contributed by atoms with E-state index in [9.17, 15) is 0 Å². The molecule has 1 aliphatic carbocycles. The number of nitrogens with zero attached hydrogens (tertiary/aromatic N) is 2. The largest absolute Gasteiger partial charge is 0.374 e. The van der Waals surface area contributed by atoms with Crippen molar-refractivity contribution in [3.05, 3.63) is 47.3 Å². The summed E-state index contributed by atoms with van der Waals surface area (Å²) in [6.45, 7) is 4.71. The van der Waals surface area contributed by atoms with Gasteiger partial charge >= 0.3 is 0 Å². The van der Waals surface area contributed by atoms with Crippen molar-refractivity contribution >= 4 is 23.0 Å². The van der Waals surface area contributed by atoms with E-state index in [0.717, 1.165) is 12.1 Å². The average Bonchev–Trinajstić information content (AvgIpc) is 2.40. The highest BCUT2D eigenvalue weighted by molar-refractivity contribution is 6.31. The number of rotatable bonds is 4. The summed E-state index contributed by atoms with van der Waals surface area (Å²) in [7, 11) is 0. The van der Waals surface area contributed by atoms with Crippen molar-refractivity contribution in [2.45, 2.75) is 26.4 Å². The zero-order valence-electron chi connectivity index (χ0n) is 11.1. The summed E-state index contributed by atoms with van der Waals surface area (Å²) < 4.78 is 5.56. The van der Waals surface area contributed by atoms with E-state index in [1.54, 1.807) is 6.20 Å². The number of ether oxygens (including phenoxy) is 1. The van der Waals surface area contributed by atoms with Crippen molar-refractivity contribution in [2.75, 3.05) is 6.61 Å². The molecular weight excluding hydrogens is 260 g/mol. The van der Waals surface area contributed by atoms with Gasteiger partial charge in [-0.25, -0.2) is 9.98 Å². The fraction of sp³-hybridized carbons (Fsp3) is 0.333. The first-order valence-electron chi connectivity index (χ1n) is 6.32. The molecule has 1 aromatic heterocycles. The zero-order chi connectivity index (χ0) is 13.7.